The van der Waals surface area contributed by atoms with Gasteiger partial charge in [-0.15, -0.1) is 0 Å². The van der Waals surface area contributed by atoms with Crippen LogP contribution in [0.3, 0.4) is 0 Å². The molecule has 0 saturated heterocycles. The predicted molar refractivity (Wildman–Crippen MR) is 70.5 cm³/mol. The van der Waals surface area contributed by atoms with E-state index < -0.39 is 6.04 Å². The third-order valence-corrected chi connectivity index (χ3v) is 3.30. The van der Waals surface area contributed by atoms with E-state index in [-0.39, 0.29) is 5.82 Å². The maximum absolute atomic E-state index is 13.9. The second kappa shape index (κ2) is 5.26. The zero-order valence-electron chi connectivity index (χ0n) is 9.92. The van der Waals surface area contributed by atoms with Crippen molar-refractivity contribution in [2.24, 2.45) is 7.05 Å². The molecule has 96 valence electrons. The van der Waals surface area contributed by atoms with Crippen molar-refractivity contribution >= 4 is 23.2 Å². The van der Waals surface area contributed by atoms with Crippen molar-refractivity contribution < 1.29 is 4.39 Å². The van der Waals surface area contributed by atoms with Crippen LogP contribution >= 0.6 is 23.2 Å². The van der Waals surface area contributed by atoms with Gasteiger partial charge in [-0.2, -0.15) is 5.10 Å². The van der Waals surface area contributed by atoms with E-state index in [0.29, 0.717) is 21.3 Å². The third kappa shape index (κ3) is 2.36. The standard InChI is InChI=1S/C12H12Cl2FN3/c1-16-11(12-9(14)6-17-18(12)2)8-5-7(13)3-4-10(8)15/h3-6,11,16H,1-2H3. The molecule has 0 aliphatic heterocycles. The predicted octanol–water partition coefficient (Wildman–Crippen LogP) is 3.17. The molecule has 1 aromatic heterocycles. The van der Waals surface area contributed by atoms with Crippen molar-refractivity contribution in [2.75, 3.05) is 7.05 Å². The largest absolute Gasteiger partial charge is 0.308 e. The first-order valence-electron chi connectivity index (χ1n) is 5.34. The summed E-state index contributed by atoms with van der Waals surface area (Å²) in [5, 5.41) is 8.04. The van der Waals surface area contributed by atoms with Gasteiger partial charge in [-0.3, -0.25) is 4.68 Å². The first-order chi connectivity index (χ1) is 8.54. The normalized spacial score (nSPS) is 12.7. The summed E-state index contributed by atoms with van der Waals surface area (Å²) in [6, 6.07) is 4.04. The summed E-state index contributed by atoms with van der Waals surface area (Å²) in [6.07, 6.45) is 1.53. The van der Waals surface area contributed by atoms with Gasteiger partial charge in [-0.05, 0) is 25.2 Å². The molecule has 2 rings (SSSR count). The summed E-state index contributed by atoms with van der Waals surface area (Å²) in [7, 11) is 3.49. The number of nitrogens with one attached hydrogen (secondary N) is 1. The van der Waals surface area contributed by atoms with Crippen LogP contribution in [0.25, 0.3) is 0 Å². The molecule has 1 unspecified atom stereocenters. The average molecular weight is 288 g/mol. The molecule has 0 saturated carbocycles. The molecule has 1 N–H and O–H groups in total. The van der Waals surface area contributed by atoms with E-state index in [2.05, 4.69) is 10.4 Å². The maximum Gasteiger partial charge on any atom is 0.128 e. The summed E-state index contributed by atoms with van der Waals surface area (Å²) < 4.78 is 15.5. The SMILES string of the molecule is CNC(c1cc(Cl)ccc1F)c1c(Cl)cnn1C. The zero-order valence-corrected chi connectivity index (χ0v) is 11.4. The molecule has 3 nitrogen and oxygen atoms in total. The van der Waals surface area contributed by atoms with Crippen LogP contribution in [-0.4, -0.2) is 16.8 Å². The second-order valence-corrected chi connectivity index (χ2v) is 4.73. The second-order valence-electron chi connectivity index (χ2n) is 3.89. The highest BCUT2D eigenvalue weighted by molar-refractivity contribution is 6.31. The first-order valence-corrected chi connectivity index (χ1v) is 6.09. The van der Waals surface area contributed by atoms with Crippen LogP contribution in [0.15, 0.2) is 24.4 Å². The average Bonchev–Trinajstić information content (AvgIpc) is 2.66. The molecule has 2 aromatic rings. The molecule has 0 amide bonds. The minimum absolute atomic E-state index is 0.337. The van der Waals surface area contributed by atoms with E-state index in [1.54, 1.807) is 24.8 Å². The topological polar surface area (TPSA) is 29.9 Å². The third-order valence-electron chi connectivity index (χ3n) is 2.77. The molecule has 0 fully saturated rings. The number of nitrogens with zero attached hydrogens (tertiary/aromatic N) is 2. The fraction of sp³-hybridized carbons (Fsp3) is 0.250. The molecular formula is C12H12Cl2FN3. The van der Waals surface area contributed by atoms with E-state index >= 15 is 0 Å². The number of benzene rings is 1. The number of rotatable bonds is 3. The van der Waals surface area contributed by atoms with Gasteiger partial charge in [0.05, 0.1) is 23.0 Å². The Morgan fingerprint density at radius 1 is 1.39 bits per heavy atom. The van der Waals surface area contributed by atoms with E-state index in [9.17, 15) is 4.39 Å². The van der Waals surface area contributed by atoms with Crippen molar-refractivity contribution in [2.45, 2.75) is 6.04 Å². The quantitative estimate of drug-likeness (QED) is 0.940. The smallest absolute Gasteiger partial charge is 0.128 e. The minimum atomic E-state index is -0.399. The Bertz CT molecular complexity index is 549. The van der Waals surface area contributed by atoms with Gasteiger partial charge >= 0.3 is 0 Å². The number of hydrogen-bond acceptors (Lipinski definition) is 2. The summed E-state index contributed by atoms with van der Waals surface area (Å²) in [5.74, 6) is -0.337. The van der Waals surface area contributed by atoms with Crippen LogP contribution in [0.5, 0.6) is 0 Å². The summed E-state index contributed by atoms with van der Waals surface area (Å²) in [5.41, 5.74) is 1.14. The highest BCUT2D eigenvalue weighted by atomic mass is 35.5. The molecule has 0 bridgehead atoms. The molecule has 1 atom stereocenters. The monoisotopic (exact) mass is 287 g/mol. The van der Waals surface area contributed by atoms with E-state index in [0.717, 1.165) is 0 Å². The maximum atomic E-state index is 13.9. The highest BCUT2D eigenvalue weighted by Crippen LogP contribution is 2.30. The Balaban J connectivity index is 2.55. The van der Waals surface area contributed by atoms with Crippen molar-refractivity contribution in [3.05, 3.63) is 51.5 Å². The number of aryl methyl sites for hydroxylation is 1. The first kappa shape index (κ1) is 13.3. The lowest BCUT2D eigenvalue weighted by Gasteiger charge is -2.18. The zero-order chi connectivity index (χ0) is 13.3. The van der Waals surface area contributed by atoms with Crippen molar-refractivity contribution in [3.8, 4) is 0 Å². The number of aromatic nitrogens is 2. The van der Waals surface area contributed by atoms with E-state index in [4.69, 9.17) is 23.2 Å². The van der Waals surface area contributed by atoms with Crippen LogP contribution in [0.2, 0.25) is 10.0 Å². The summed E-state index contributed by atoms with van der Waals surface area (Å²) in [4.78, 5) is 0. The van der Waals surface area contributed by atoms with Crippen molar-refractivity contribution in [1.29, 1.82) is 0 Å². The minimum Gasteiger partial charge on any atom is -0.308 e. The molecule has 0 aliphatic carbocycles. The van der Waals surface area contributed by atoms with Crippen LogP contribution in [0, 0.1) is 5.82 Å². The molecule has 1 aromatic carbocycles. The lowest BCUT2D eigenvalue weighted by molar-refractivity contribution is 0.552. The molecule has 0 aliphatic rings. The lowest BCUT2D eigenvalue weighted by atomic mass is 10.0. The summed E-state index contributed by atoms with van der Waals surface area (Å²) in [6.45, 7) is 0. The van der Waals surface area contributed by atoms with E-state index in [1.165, 1.54) is 18.3 Å². The van der Waals surface area contributed by atoms with Gasteiger partial charge in [0.15, 0.2) is 0 Å². The Morgan fingerprint density at radius 2 is 2.11 bits per heavy atom. The van der Waals surface area contributed by atoms with Crippen molar-refractivity contribution in [3.63, 3.8) is 0 Å². The van der Waals surface area contributed by atoms with Crippen LogP contribution in [-0.2, 0) is 7.05 Å². The van der Waals surface area contributed by atoms with Crippen molar-refractivity contribution in [1.82, 2.24) is 15.1 Å². The fourth-order valence-electron chi connectivity index (χ4n) is 1.92. The van der Waals surface area contributed by atoms with Gasteiger partial charge in [0.25, 0.3) is 0 Å². The van der Waals surface area contributed by atoms with Crippen LogP contribution in [0.1, 0.15) is 17.3 Å². The Labute approximate surface area is 115 Å². The number of hydrogen-bond donors (Lipinski definition) is 1. The highest BCUT2D eigenvalue weighted by Gasteiger charge is 2.22. The van der Waals surface area contributed by atoms with Gasteiger partial charge < -0.3 is 5.32 Å². The van der Waals surface area contributed by atoms with Crippen LogP contribution in [0.4, 0.5) is 4.39 Å². The number of halogens is 3. The molecule has 0 radical (unpaired) electrons. The Hall–Kier alpha value is -1.10. The summed E-state index contributed by atoms with van der Waals surface area (Å²) >= 11 is 12.0. The van der Waals surface area contributed by atoms with Gasteiger partial charge in [0.2, 0.25) is 0 Å². The van der Waals surface area contributed by atoms with E-state index in [1.807, 2.05) is 0 Å². The molecule has 6 heteroatoms. The van der Waals surface area contributed by atoms with Gasteiger partial charge in [-0.1, -0.05) is 23.2 Å². The fourth-order valence-corrected chi connectivity index (χ4v) is 2.38. The molecule has 0 spiro atoms. The molecule has 18 heavy (non-hydrogen) atoms. The van der Waals surface area contributed by atoms with Crippen LogP contribution < -0.4 is 5.32 Å². The Morgan fingerprint density at radius 3 is 2.67 bits per heavy atom. The van der Waals surface area contributed by atoms with Gasteiger partial charge in [0.1, 0.15) is 5.82 Å². The lowest BCUT2D eigenvalue weighted by Crippen LogP contribution is -2.22. The van der Waals surface area contributed by atoms with Gasteiger partial charge in [0, 0.05) is 17.6 Å². The molecular weight excluding hydrogens is 276 g/mol. The van der Waals surface area contributed by atoms with Gasteiger partial charge in [-0.25, -0.2) is 4.39 Å². The molecule has 1 heterocycles. The Kier molecular flexibility index (Phi) is 3.90.